The second kappa shape index (κ2) is 19.7. The van der Waals surface area contributed by atoms with E-state index >= 15 is 0 Å². The highest BCUT2D eigenvalue weighted by Crippen LogP contribution is 2.41. The van der Waals surface area contributed by atoms with Crippen LogP contribution in [0.1, 0.15) is 196 Å². The fraction of sp³-hybridized carbons (Fsp3) is 0.721. The molecule has 0 aliphatic heterocycles. The predicted octanol–water partition coefficient (Wildman–Crippen LogP) is 14.5. The van der Waals surface area contributed by atoms with Crippen LogP contribution in [0.3, 0.4) is 0 Å². The Morgan fingerprint density at radius 2 is 0.907 bits per heavy atom. The number of aryl methyl sites for hydroxylation is 1. The van der Waals surface area contributed by atoms with Crippen molar-refractivity contribution in [3.63, 3.8) is 0 Å². The Morgan fingerprint density at radius 1 is 0.465 bits per heavy atom. The Hall–Kier alpha value is -1.56. The molecule has 0 N–H and O–H groups in total. The molecule has 0 heteroatoms. The average molecular weight is 585 g/mol. The van der Waals surface area contributed by atoms with Crippen molar-refractivity contribution in [1.82, 2.24) is 0 Å². The highest BCUT2D eigenvalue weighted by atomic mass is 14.3. The van der Waals surface area contributed by atoms with Crippen LogP contribution in [0.4, 0.5) is 0 Å². The molecular weight excluding hydrogens is 516 g/mol. The van der Waals surface area contributed by atoms with E-state index < -0.39 is 0 Å². The topological polar surface area (TPSA) is 0 Å². The normalized spacial score (nSPS) is 22.6. The van der Waals surface area contributed by atoms with Crippen molar-refractivity contribution in [3.05, 3.63) is 59.2 Å². The molecule has 43 heavy (non-hydrogen) atoms. The Bertz CT molecular complexity index is 983. The van der Waals surface area contributed by atoms with E-state index in [1.807, 2.05) is 0 Å². The minimum Gasteiger partial charge on any atom is -0.0654 e. The maximum atomic E-state index is 2.48. The van der Waals surface area contributed by atoms with Gasteiger partial charge < -0.3 is 0 Å². The first-order chi connectivity index (χ1) is 21.2. The fourth-order valence-corrected chi connectivity index (χ4v) is 8.59. The maximum absolute atomic E-state index is 2.48. The highest BCUT2D eigenvalue weighted by molar-refractivity contribution is 5.65. The SMILES string of the molecule is CCCCCCCCC[C@H]1CC[C@H](c2ccc(-c3ccc([C@H]4CC[C@H](CCCCCCCCC)CC4)c(C)c3)cc2)CC1. The molecule has 0 nitrogen and oxygen atoms in total. The van der Waals surface area contributed by atoms with Crippen molar-refractivity contribution in [3.8, 4) is 11.1 Å². The standard InChI is InChI=1S/C43H68/c1-4-6-8-10-12-14-16-18-36-20-24-38(25-21-36)39-28-30-40(31-29-39)42-32-33-43(35(3)34-42)41-26-22-37(23-27-41)19-17-15-13-11-9-7-5-2/h28-34,36-38,41H,4-27H2,1-3H3/t36-,37-,38-,41-. The number of rotatable bonds is 19. The fourth-order valence-electron chi connectivity index (χ4n) is 8.59. The molecule has 0 heterocycles. The second-order valence-electron chi connectivity index (χ2n) is 14.9. The Kier molecular flexibility index (Phi) is 15.8. The van der Waals surface area contributed by atoms with E-state index in [-0.39, 0.29) is 0 Å². The average Bonchev–Trinajstić information content (AvgIpc) is 3.05. The molecule has 2 saturated carbocycles. The Labute approximate surface area is 268 Å². The van der Waals surface area contributed by atoms with Crippen LogP contribution >= 0.6 is 0 Å². The summed E-state index contributed by atoms with van der Waals surface area (Å²) in [5.41, 5.74) is 7.52. The van der Waals surface area contributed by atoms with Crippen LogP contribution in [-0.4, -0.2) is 0 Å². The largest absolute Gasteiger partial charge is 0.0654 e. The zero-order chi connectivity index (χ0) is 30.1. The zero-order valence-corrected chi connectivity index (χ0v) is 28.8. The zero-order valence-electron chi connectivity index (χ0n) is 28.8. The van der Waals surface area contributed by atoms with Gasteiger partial charge in [-0.15, -0.1) is 0 Å². The van der Waals surface area contributed by atoms with E-state index in [0.717, 1.165) is 23.7 Å². The third kappa shape index (κ3) is 11.7. The molecule has 0 saturated heterocycles. The molecular formula is C43H68. The number of unbranched alkanes of at least 4 members (excludes halogenated alkanes) is 12. The first-order valence-corrected chi connectivity index (χ1v) is 19.4. The van der Waals surface area contributed by atoms with Gasteiger partial charge in [-0.05, 0) is 110 Å². The summed E-state index contributed by atoms with van der Waals surface area (Å²) >= 11 is 0. The first-order valence-electron chi connectivity index (χ1n) is 19.4. The highest BCUT2D eigenvalue weighted by Gasteiger charge is 2.24. The summed E-state index contributed by atoms with van der Waals surface area (Å²) in [6.07, 6.45) is 34.5. The summed E-state index contributed by atoms with van der Waals surface area (Å²) in [6, 6.07) is 17.1. The van der Waals surface area contributed by atoms with Crippen LogP contribution in [0, 0.1) is 18.8 Å². The molecule has 2 aliphatic rings. The monoisotopic (exact) mass is 585 g/mol. The van der Waals surface area contributed by atoms with Crippen LogP contribution in [0.2, 0.25) is 0 Å². The summed E-state index contributed by atoms with van der Waals surface area (Å²) in [6.45, 7) is 6.99. The molecule has 2 aromatic rings. The third-order valence-electron chi connectivity index (χ3n) is 11.6. The molecule has 0 amide bonds. The molecule has 4 rings (SSSR count). The lowest BCUT2D eigenvalue weighted by atomic mass is 9.75. The second-order valence-corrected chi connectivity index (χ2v) is 14.9. The van der Waals surface area contributed by atoms with Gasteiger partial charge in [0, 0.05) is 0 Å². The van der Waals surface area contributed by atoms with E-state index in [4.69, 9.17) is 0 Å². The van der Waals surface area contributed by atoms with Crippen LogP contribution in [0.15, 0.2) is 42.5 Å². The molecule has 0 radical (unpaired) electrons. The molecule has 2 aromatic carbocycles. The van der Waals surface area contributed by atoms with Crippen molar-refractivity contribution in [2.75, 3.05) is 0 Å². The summed E-state index contributed by atoms with van der Waals surface area (Å²) in [7, 11) is 0. The molecule has 2 aliphatic carbocycles. The van der Waals surface area contributed by atoms with E-state index in [1.54, 1.807) is 11.1 Å². The molecule has 0 spiro atoms. The lowest BCUT2D eigenvalue weighted by molar-refractivity contribution is 0.301. The van der Waals surface area contributed by atoms with Crippen LogP contribution in [-0.2, 0) is 0 Å². The van der Waals surface area contributed by atoms with Crippen molar-refractivity contribution in [1.29, 1.82) is 0 Å². The van der Waals surface area contributed by atoms with Gasteiger partial charge in [0.25, 0.3) is 0 Å². The number of hydrogen-bond acceptors (Lipinski definition) is 0. The van der Waals surface area contributed by atoms with Gasteiger partial charge in [0.15, 0.2) is 0 Å². The quantitative estimate of drug-likeness (QED) is 0.144. The summed E-state index contributed by atoms with van der Waals surface area (Å²) in [5, 5.41) is 0. The van der Waals surface area contributed by atoms with Crippen molar-refractivity contribution < 1.29 is 0 Å². The smallest absolute Gasteiger partial charge is 0.0159 e. The Balaban J connectivity index is 1.16. The van der Waals surface area contributed by atoms with E-state index in [2.05, 4.69) is 63.2 Å². The molecule has 0 aromatic heterocycles. The minimum atomic E-state index is 0.780. The van der Waals surface area contributed by atoms with Crippen LogP contribution in [0.25, 0.3) is 11.1 Å². The van der Waals surface area contributed by atoms with Gasteiger partial charge >= 0.3 is 0 Å². The van der Waals surface area contributed by atoms with Crippen LogP contribution in [0.5, 0.6) is 0 Å². The summed E-state index contributed by atoms with van der Waals surface area (Å²) in [5.74, 6) is 3.55. The van der Waals surface area contributed by atoms with E-state index in [0.29, 0.717) is 0 Å². The van der Waals surface area contributed by atoms with Gasteiger partial charge in [-0.3, -0.25) is 0 Å². The number of benzene rings is 2. The van der Waals surface area contributed by atoms with Crippen LogP contribution < -0.4 is 0 Å². The lowest BCUT2D eigenvalue weighted by Gasteiger charge is -2.30. The minimum absolute atomic E-state index is 0.780. The molecule has 2 fully saturated rings. The van der Waals surface area contributed by atoms with Crippen molar-refractivity contribution >= 4 is 0 Å². The Morgan fingerprint density at radius 3 is 1.40 bits per heavy atom. The van der Waals surface area contributed by atoms with Gasteiger partial charge in [-0.25, -0.2) is 0 Å². The predicted molar refractivity (Wildman–Crippen MR) is 191 cm³/mol. The number of hydrogen-bond donors (Lipinski definition) is 0. The summed E-state index contributed by atoms with van der Waals surface area (Å²) in [4.78, 5) is 0. The maximum Gasteiger partial charge on any atom is -0.0159 e. The molecule has 0 bridgehead atoms. The summed E-state index contributed by atoms with van der Waals surface area (Å²) < 4.78 is 0. The third-order valence-corrected chi connectivity index (χ3v) is 11.6. The van der Waals surface area contributed by atoms with E-state index in [9.17, 15) is 0 Å². The van der Waals surface area contributed by atoms with Gasteiger partial charge in [-0.1, -0.05) is 159 Å². The molecule has 0 unspecified atom stereocenters. The van der Waals surface area contributed by atoms with Gasteiger partial charge in [0.05, 0.1) is 0 Å². The van der Waals surface area contributed by atoms with E-state index in [1.165, 1.54) is 171 Å². The molecule has 240 valence electrons. The lowest BCUT2D eigenvalue weighted by Crippen LogP contribution is -2.14. The van der Waals surface area contributed by atoms with Crippen molar-refractivity contribution in [2.45, 2.75) is 187 Å². The first kappa shape index (κ1) is 34.3. The van der Waals surface area contributed by atoms with Gasteiger partial charge in [0.2, 0.25) is 0 Å². The van der Waals surface area contributed by atoms with Crippen molar-refractivity contribution in [2.24, 2.45) is 11.8 Å². The van der Waals surface area contributed by atoms with Gasteiger partial charge in [0.1, 0.15) is 0 Å². The van der Waals surface area contributed by atoms with Gasteiger partial charge in [-0.2, -0.15) is 0 Å². The molecule has 0 atom stereocenters.